The average molecular weight is 317 g/mol. The number of hydrogen-bond acceptors (Lipinski definition) is 7. The summed E-state index contributed by atoms with van der Waals surface area (Å²) >= 11 is 0. The van der Waals surface area contributed by atoms with E-state index in [2.05, 4.69) is 20.3 Å². The van der Waals surface area contributed by atoms with Gasteiger partial charge in [0, 0.05) is 36.3 Å². The van der Waals surface area contributed by atoms with Crippen LogP contribution in [-0.4, -0.2) is 60.3 Å². The van der Waals surface area contributed by atoms with E-state index in [0.29, 0.717) is 25.0 Å². The molecule has 0 unspecified atom stereocenters. The molecule has 0 saturated carbocycles. The number of carbonyl (C=O) groups is 1. The van der Waals surface area contributed by atoms with E-state index in [1.54, 1.807) is 24.7 Å². The molecule has 0 aliphatic rings. The van der Waals surface area contributed by atoms with Gasteiger partial charge in [-0.25, -0.2) is 19.7 Å². The van der Waals surface area contributed by atoms with Crippen molar-refractivity contribution in [3.63, 3.8) is 0 Å². The Bertz CT molecular complexity index is 629. The number of rotatable bonds is 6. The smallest absolute Gasteiger partial charge is 0.412 e. The van der Waals surface area contributed by atoms with Gasteiger partial charge < -0.3 is 14.4 Å². The van der Waals surface area contributed by atoms with Crippen LogP contribution < -0.4 is 10.1 Å². The molecule has 8 nitrogen and oxygen atoms in total. The molecule has 0 spiro atoms. The normalized spacial score (nSPS) is 10.4. The average Bonchev–Trinajstić information content (AvgIpc) is 2.55. The van der Waals surface area contributed by atoms with Crippen LogP contribution in [-0.2, 0) is 4.74 Å². The van der Waals surface area contributed by atoms with Crippen molar-refractivity contribution in [1.29, 1.82) is 0 Å². The van der Waals surface area contributed by atoms with Gasteiger partial charge in [0.1, 0.15) is 12.4 Å². The second kappa shape index (κ2) is 8.04. The minimum Gasteiger partial charge on any atom is -0.467 e. The molecule has 8 heteroatoms. The Morgan fingerprint density at radius 1 is 1.13 bits per heavy atom. The van der Waals surface area contributed by atoms with Crippen molar-refractivity contribution in [3.05, 3.63) is 30.7 Å². The molecule has 1 amide bonds. The van der Waals surface area contributed by atoms with E-state index < -0.39 is 6.09 Å². The summed E-state index contributed by atoms with van der Waals surface area (Å²) in [6, 6.07) is 3.81. The lowest BCUT2D eigenvalue weighted by molar-refractivity contribution is 0.151. The summed E-state index contributed by atoms with van der Waals surface area (Å²) < 4.78 is 9.94. The first-order valence-corrected chi connectivity index (χ1v) is 6.99. The summed E-state index contributed by atoms with van der Waals surface area (Å²) in [5.74, 6) is 0.415. The molecular formula is C15H19N5O3. The number of methoxy groups -OCH3 is 1. The minimum atomic E-state index is -0.528. The Balaban J connectivity index is 1.92. The number of anilines is 1. The number of carbonyl (C=O) groups excluding carboxylic acids is 1. The largest absolute Gasteiger partial charge is 0.467 e. The molecule has 23 heavy (non-hydrogen) atoms. The molecule has 0 radical (unpaired) electrons. The van der Waals surface area contributed by atoms with Gasteiger partial charge >= 0.3 is 12.1 Å². The fourth-order valence-electron chi connectivity index (χ4n) is 1.67. The van der Waals surface area contributed by atoms with Crippen molar-refractivity contribution in [1.82, 2.24) is 19.9 Å². The molecule has 2 aromatic rings. The van der Waals surface area contributed by atoms with E-state index in [1.807, 2.05) is 25.1 Å². The predicted octanol–water partition coefficient (Wildman–Crippen LogP) is 1.66. The lowest BCUT2D eigenvalue weighted by Gasteiger charge is -2.10. The predicted molar refractivity (Wildman–Crippen MR) is 85.3 cm³/mol. The van der Waals surface area contributed by atoms with Crippen molar-refractivity contribution in [2.24, 2.45) is 0 Å². The highest BCUT2D eigenvalue weighted by Gasteiger charge is 2.06. The number of pyridine rings is 1. The van der Waals surface area contributed by atoms with Crippen molar-refractivity contribution >= 4 is 11.9 Å². The lowest BCUT2D eigenvalue weighted by Crippen LogP contribution is -2.22. The Morgan fingerprint density at radius 3 is 2.39 bits per heavy atom. The van der Waals surface area contributed by atoms with Crippen LogP contribution in [0.4, 0.5) is 10.6 Å². The molecule has 2 heterocycles. The van der Waals surface area contributed by atoms with Crippen LogP contribution in [0.1, 0.15) is 0 Å². The van der Waals surface area contributed by atoms with Crippen molar-refractivity contribution in [2.75, 3.05) is 39.7 Å². The zero-order valence-electron chi connectivity index (χ0n) is 13.3. The van der Waals surface area contributed by atoms with Crippen LogP contribution in [0.15, 0.2) is 30.7 Å². The third-order valence-corrected chi connectivity index (χ3v) is 2.91. The van der Waals surface area contributed by atoms with Crippen molar-refractivity contribution in [3.8, 4) is 17.1 Å². The number of likely N-dealkylation sites (N-methyl/N-ethyl adjacent to an activating group) is 1. The second-order valence-corrected chi connectivity index (χ2v) is 4.95. The van der Waals surface area contributed by atoms with Crippen LogP contribution in [0.3, 0.4) is 0 Å². The molecule has 0 aliphatic heterocycles. The van der Waals surface area contributed by atoms with Gasteiger partial charge in [0.05, 0.1) is 7.11 Å². The molecule has 122 valence electrons. The van der Waals surface area contributed by atoms with Crippen LogP contribution in [0.2, 0.25) is 0 Å². The van der Waals surface area contributed by atoms with Gasteiger partial charge in [-0.05, 0) is 26.2 Å². The SMILES string of the molecule is COc1ncc(-c2ccc(NC(=O)OCCN(C)C)nc2)cn1. The van der Waals surface area contributed by atoms with Crippen LogP contribution in [0.5, 0.6) is 6.01 Å². The molecule has 2 rings (SSSR count). The number of nitrogens with one attached hydrogen (secondary N) is 1. The molecule has 0 fully saturated rings. The summed E-state index contributed by atoms with van der Waals surface area (Å²) in [5, 5.41) is 2.57. The minimum absolute atomic E-state index is 0.306. The van der Waals surface area contributed by atoms with Gasteiger partial charge in [-0.15, -0.1) is 0 Å². The van der Waals surface area contributed by atoms with Gasteiger partial charge in [0.2, 0.25) is 0 Å². The van der Waals surface area contributed by atoms with E-state index in [-0.39, 0.29) is 0 Å². The summed E-state index contributed by atoms with van der Waals surface area (Å²) in [5.41, 5.74) is 1.64. The molecule has 1 N–H and O–H groups in total. The topological polar surface area (TPSA) is 89.5 Å². The highest BCUT2D eigenvalue weighted by Crippen LogP contribution is 2.18. The van der Waals surface area contributed by atoms with Crippen LogP contribution in [0, 0.1) is 0 Å². The first-order valence-electron chi connectivity index (χ1n) is 6.99. The first kappa shape index (κ1) is 16.6. The first-order chi connectivity index (χ1) is 11.1. The maximum absolute atomic E-state index is 11.6. The second-order valence-electron chi connectivity index (χ2n) is 4.95. The van der Waals surface area contributed by atoms with Crippen molar-refractivity contribution < 1.29 is 14.3 Å². The van der Waals surface area contributed by atoms with E-state index in [0.717, 1.165) is 11.1 Å². The standard InChI is InChI=1S/C15H19N5O3/c1-20(2)6-7-23-15(21)19-13-5-4-11(8-16-13)12-9-17-14(22-3)18-10-12/h4-5,8-10H,6-7H2,1-3H3,(H,16,19,21). The Hall–Kier alpha value is -2.74. The molecule has 0 aliphatic carbocycles. The highest BCUT2D eigenvalue weighted by atomic mass is 16.5. The number of hydrogen-bond donors (Lipinski definition) is 1. The van der Waals surface area contributed by atoms with E-state index >= 15 is 0 Å². The lowest BCUT2D eigenvalue weighted by atomic mass is 10.1. The van der Waals surface area contributed by atoms with Crippen LogP contribution >= 0.6 is 0 Å². The fraction of sp³-hybridized carbons (Fsp3) is 0.333. The third-order valence-electron chi connectivity index (χ3n) is 2.91. The molecule has 0 atom stereocenters. The van der Waals surface area contributed by atoms with Gasteiger partial charge in [-0.3, -0.25) is 5.32 Å². The fourth-order valence-corrected chi connectivity index (χ4v) is 1.67. The van der Waals surface area contributed by atoms with Gasteiger partial charge in [-0.2, -0.15) is 0 Å². The Kier molecular flexibility index (Phi) is 5.81. The van der Waals surface area contributed by atoms with E-state index in [9.17, 15) is 4.79 Å². The summed E-state index contributed by atoms with van der Waals surface area (Å²) in [6.07, 6.45) is 4.39. The summed E-state index contributed by atoms with van der Waals surface area (Å²) in [4.78, 5) is 25.8. The zero-order valence-corrected chi connectivity index (χ0v) is 13.3. The van der Waals surface area contributed by atoms with Crippen LogP contribution in [0.25, 0.3) is 11.1 Å². The monoisotopic (exact) mass is 317 g/mol. The zero-order chi connectivity index (χ0) is 16.7. The highest BCUT2D eigenvalue weighted by molar-refractivity contribution is 5.83. The third kappa shape index (κ3) is 5.19. The molecule has 2 aromatic heterocycles. The number of aromatic nitrogens is 3. The number of amides is 1. The maximum atomic E-state index is 11.6. The quantitative estimate of drug-likeness (QED) is 0.866. The molecule has 0 saturated heterocycles. The molecule has 0 aromatic carbocycles. The Labute approximate surface area is 134 Å². The van der Waals surface area contributed by atoms with Gasteiger partial charge in [0.15, 0.2) is 0 Å². The van der Waals surface area contributed by atoms with Gasteiger partial charge in [0.25, 0.3) is 0 Å². The van der Waals surface area contributed by atoms with Crippen molar-refractivity contribution in [2.45, 2.75) is 0 Å². The number of ether oxygens (including phenoxy) is 2. The summed E-state index contributed by atoms with van der Waals surface area (Å²) in [6.45, 7) is 0.983. The number of nitrogens with zero attached hydrogens (tertiary/aromatic N) is 4. The Morgan fingerprint density at radius 2 is 1.83 bits per heavy atom. The van der Waals surface area contributed by atoms with E-state index in [1.165, 1.54) is 7.11 Å². The van der Waals surface area contributed by atoms with E-state index in [4.69, 9.17) is 9.47 Å². The molecular weight excluding hydrogens is 298 g/mol. The summed E-state index contributed by atoms with van der Waals surface area (Å²) in [7, 11) is 5.32. The maximum Gasteiger partial charge on any atom is 0.412 e. The van der Waals surface area contributed by atoms with Gasteiger partial charge in [-0.1, -0.05) is 0 Å². The molecule has 0 bridgehead atoms.